The van der Waals surface area contributed by atoms with E-state index in [0.717, 1.165) is 12.1 Å². The minimum atomic E-state index is -0.375. The zero-order chi connectivity index (χ0) is 11.3. The van der Waals surface area contributed by atoms with E-state index in [0.29, 0.717) is 0 Å². The van der Waals surface area contributed by atoms with Crippen LogP contribution in [-0.2, 0) is 0 Å². The van der Waals surface area contributed by atoms with E-state index in [4.69, 9.17) is 0 Å². The van der Waals surface area contributed by atoms with Gasteiger partial charge in [0.2, 0.25) is 0 Å². The molecule has 1 aromatic rings. The number of rotatable bonds is 5. The summed E-state index contributed by atoms with van der Waals surface area (Å²) in [5.74, 6) is 0. The van der Waals surface area contributed by atoms with Gasteiger partial charge in [-0.05, 0) is 31.0 Å². The molecule has 0 amide bonds. The Labute approximate surface area is 92.5 Å². The quantitative estimate of drug-likeness (QED) is 0.802. The molecule has 0 spiro atoms. The zero-order valence-corrected chi connectivity index (χ0v) is 9.90. The maximum atomic E-state index is 9.38. The molecule has 0 aliphatic rings. The Kier molecular flexibility index (Phi) is 4.63. The second kappa shape index (κ2) is 5.76. The SMILES string of the molecule is CCCCN(C)c1ccc([C@@H](C)O)cc1. The van der Waals surface area contributed by atoms with Crippen LogP contribution in [0.3, 0.4) is 0 Å². The van der Waals surface area contributed by atoms with Crippen molar-refractivity contribution in [3.63, 3.8) is 0 Å². The van der Waals surface area contributed by atoms with Gasteiger partial charge in [0.25, 0.3) is 0 Å². The van der Waals surface area contributed by atoms with Crippen molar-refractivity contribution < 1.29 is 5.11 Å². The second-order valence-corrected chi connectivity index (χ2v) is 4.04. The molecule has 1 N–H and O–H groups in total. The van der Waals surface area contributed by atoms with E-state index < -0.39 is 0 Å². The van der Waals surface area contributed by atoms with Crippen molar-refractivity contribution in [2.45, 2.75) is 32.8 Å². The minimum Gasteiger partial charge on any atom is -0.389 e. The minimum absolute atomic E-state index is 0.375. The number of hydrogen-bond acceptors (Lipinski definition) is 2. The number of hydrogen-bond donors (Lipinski definition) is 1. The third kappa shape index (κ3) is 3.56. The highest BCUT2D eigenvalue weighted by molar-refractivity contribution is 5.47. The molecule has 84 valence electrons. The van der Waals surface area contributed by atoms with Crippen molar-refractivity contribution in [3.05, 3.63) is 29.8 Å². The largest absolute Gasteiger partial charge is 0.389 e. The third-order valence-corrected chi connectivity index (χ3v) is 2.66. The molecule has 0 aliphatic carbocycles. The van der Waals surface area contributed by atoms with E-state index in [1.54, 1.807) is 6.92 Å². The monoisotopic (exact) mass is 207 g/mol. The second-order valence-electron chi connectivity index (χ2n) is 4.04. The lowest BCUT2D eigenvalue weighted by molar-refractivity contribution is 0.199. The van der Waals surface area contributed by atoms with Gasteiger partial charge in [-0.15, -0.1) is 0 Å². The number of aliphatic hydroxyl groups is 1. The Morgan fingerprint density at radius 1 is 1.27 bits per heavy atom. The van der Waals surface area contributed by atoms with Gasteiger partial charge in [0, 0.05) is 19.3 Å². The van der Waals surface area contributed by atoms with Crippen molar-refractivity contribution in [3.8, 4) is 0 Å². The number of benzene rings is 1. The summed E-state index contributed by atoms with van der Waals surface area (Å²) in [5, 5.41) is 9.38. The zero-order valence-electron chi connectivity index (χ0n) is 9.90. The molecule has 0 aliphatic heterocycles. The first-order valence-corrected chi connectivity index (χ1v) is 5.64. The van der Waals surface area contributed by atoms with Crippen LogP contribution < -0.4 is 4.90 Å². The lowest BCUT2D eigenvalue weighted by Crippen LogP contribution is -2.18. The molecule has 0 unspecified atom stereocenters. The summed E-state index contributed by atoms with van der Waals surface area (Å²) in [6, 6.07) is 8.11. The van der Waals surface area contributed by atoms with Gasteiger partial charge in [-0.25, -0.2) is 0 Å². The summed E-state index contributed by atoms with van der Waals surface area (Å²) in [7, 11) is 2.10. The van der Waals surface area contributed by atoms with Crippen LogP contribution >= 0.6 is 0 Å². The van der Waals surface area contributed by atoms with Crippen LogP contribution in [-0.4, -0.2) is 18.7 Å². The van der Waals surface area contributed by atoms with E-state index in [1.807, 2.05) is 12.1 Å². The molecule has 0 radical (unpaired) electrons. The fraction of sp³-hybridized carbons (Fsp3) is 0.538. The van der Waals surface area contributed by atoms with E-state index in [-0.39, 0.29) is 6.10 Å². The Bertz CT molecular complexity index is 279. The average Bonchev–Trinajstić information content (AvgIpc) is 2.26. The lowest BCUT2D eigenvalue weighted by Gasteiger charge is -2.19. The predicted octanol–water partition coefficient (Wildman–Crippen LogP) is 2.98. The van der Waals surface area contributed by atoms with Crippen LogP contribution in [0.15, 0.2) is 24.3 Å². The number of anilines is 1. The van der Waals surface area contributed by atoms with Crippen LogP contribution in [0.5, 0.6) is 0 Å². The van der Waals surface area contributed by atoms with Crippen molar-refractivity contribution in [1.29, 1.82) is 0 Å². The molecule has 1 rings (SSSR count). The summed E-state index contributed by atoms with van der Waals surface area (Å²) < 4.78 is 0. The fourth-order valence-corrected chi connectivity index (χ4v) is 1.53. The molecule has 2 nitrogen and oxygen atoms in total. The van der Waals surface area contributed by atoms with Gasteiger partial charge in [0.05, 0.1) is 6.10 Å². The molecule has 0 aromatic heterocycles. The average molecular weight is 207 g/mol. The molecular weight excluding hydrogens is 186 g/mol. The van der Waals surface area contributed by atoms with Crippen LogP contribution in [0.4, 0.5) is 5.69 Å². The first-order valence-electron chi connectivity index (χ1n) is 5.64. The smallest absolute Gasteiger partial charge is 0.0761 e. The molecular formula is C13H21NO. The van der Waals surface area contributed by atoms with Gasteiger partial charge in [0.15, 0.2) is 0 Å². The third-order valence-electron chi connectivity index (χ3n) is 2.66. The van der Waals surface area contributed by atoms with E-state index in [1.165, 1.54) is 18.5 Å². The highest BCUT2D eigenvalue weighted by Crippen LogP contribution is 2.18. The van der Waals surface area contributed by atoms with E-state index in [2.05, 4.69) is 31.0 Å². The Balaban J connectivity index is 2.62. The van der Waals surface area contributed by atoms with Crippen LogP contribution in [0.2, 0.25) is 0 Å². The molecule has 15 heavy (non-hydrogen) atoms. The summed E-state index contributed by atoms with van der Waals surface area (Å²) in [6.07, 6.45) is 2.06. The fourth-order valence-electron chi connectivity index (χ4n) is 1.53. The lowest BCUT2D eigenvalue weighted by atomic mass is 10.1. The number of unbranched alkanes of at least 4 members (excludes halogenated alkanes) is 1. The molecule has 0 fully saturated rings. The topological polar surface area (TPSA) is 23.5 Å². The molecule has 0 heterocycles. The standard InChI is InChI=1S/C13H21NO/c1-4-5-10-14(3)13-8-6-12(7-9-13)11(2)15/h6-9,11,15H,4-5,10H2,1-3H3/t11-/m1/s1. The molecule has 0 bridgehead atoms. The molecule has 0 saturated carbocycles. The van der Waals surface area contributed by atoms with Gasteiger partial charge in [-0.2, -0.15) is 0 Å². The first kappa shape index (κ1) is 12.1. The Hall–Kier alpha value is -1.02. The molecule has 0 saturated heterocycles. The van der Waals surface area contributed by atoms with Crippen LogP contribution in [0.1, 0.15) is 38.4 Å². The molecule has 1 atom stereocenters. The van der Waals surface area contributed by atoms with Crippen molar-refractivity contribution in [1.82, 2.24) is 0 Å². The van der Waals surface area contributed by atoms with Gasteiger partial charge in [-0.3, -0.25) is 0 Å². The van der Waals surface area contributed by atoms with Crippen molar-refractivity contribution in [2.75, 3.05) is 18.5 Å². The summed E-state index contributed by atoms with van der Waals surface area (Å²) in [6.45, 7) is 5.07. The summed E-state index contributed by atoms with van der Waals surface area (Å²) in [5.41, 5.74) is 2.19. The van der Waals surface area contributed by atoms with Crippen LogP contribution in [0, 0.1) is 0 Å². The number of nitrogens with zero attached hydrogens (tertiary/aromatic N) is 1. The normalized spacial score (nSPS) is 12.5. The van der Waals surface area contributed by atoms with Gasteiger partial charge >= 0.3 is 0 Å². The highest BCUT2D eigenvalue weighted by atomic mass is 16.3. The maximum absolute atomic E-state index is 9.38. The number of aliphatic hydroxyl groups excluding tert-OH is 1. The van der Waals surface area contributed by atoms with Crippen molar-refractivity contribution >= 4 is 5.69 Å². The van der Waals surface area contributed by atoms with Gasteiger partial charge in [-0.1, -0.05) is 25.5 Å². The van der Waals surface area contributed by atoms with Crippen LogP contribution in [0.25, 0.3) is 0 Å². The maximum Gasteiger partial charge on any atom is 0.0761 e. The molecule has 2 heteroatoms. The summed E-state index contributed by atoms with van der Waals surface area (Å²) >= 11 is 0. The predicted molar refractivity (Wildman–Crippen MR) is 65.3 cm³/mol. The van der Waals surface area contributed by atoms with E-state index >= 15 is 0 Å². The van der Waals surface area contributed by atoms with Gasteiger partial charge < -0.3 is 10.0 Å². The Morgan fingerprint density at radius 2 is 1.87 bits per heavy atom. The van der Waals surface area contributed by atoms with E-state index in [9.17, 15) is 5.11 Å². The van der Waals surface area contributed by atoms with Gasteiger partial charge in [0.1, 0.15) is 0 Å². The Morgan fingerprint density at radius 3 is 2.33 bits per heavy atom. The highest BCUT2D eigenvalue weighted by Gasteiger charge is 2.02. The first-order chi connectivity index (χ1) is 7.15. The summed E-state index contributed by atoms with van der Waals surface area (Å²) in [4.78, 5) is 2.25. The van der Waals surface area contributed by atoms with Crippen molar-refractivity contribution in [2.24, 2.45) is 0 Å². The molecule has 1 aromatic carbocycles.